The van der Waals surface area contributed by atoms with Crippen molar-refractivity contribution in [3.8, 4) is 0 Å². The van der Waals surface area contributed by atoms with Crippen molar-refractivity contribution < 1.29 is 90.7 Å². The summed E-state index contributed by atoms with van der Waals surface area (Å²) in [5.41, 5.74) is -17.2. The van der Waals surface area contributed by atoms with Crippen LogP contribution in [0.25, 0.3) is 0 Å². The van der Waals surface area contributed by atoms with E-state index < -0.39 is 83.2 Å². The van der Waals surface area contributed by atoms with Crippen molar-refractivity contribution in [2.45, 2.75) is 122 Å². The fraction of sp³-hybridized carbons (Fsp3) is 0.917. The summed E-state index contributed by atoms with van der Waals surface area (Å²) in [5.74, 6) is -13.5. The maximum absolute atomic E-state index is 14.1. The fourth-order valence-electron chi connectivity index (χ4n) is 2.57. The van der Waals surface area contributed by atoms with Crippen molar-refractivity contribution >= 4 is 11.9 Å². The Bertz CT molecular complexity index is 975. The van der Waals surface area contributed by atoms with Crippen LogP contribution in [0.15, 0.2) is 0 Å². The fourth-order valence-corrected chi connectivity index (χ4v) is 2.57. The Kier molecular flexibility index (Phi) is 13.7. The van der Waals surface area contributed by atoms with Gasteiger partial charge in [-0.15, -0.1) is 0 Å². The first kappa shape index (κ1) is 44.0. The molecule has 0 radical (unpaired) electrons. The van der Waals surface area contributed by atoms with Crippen molar-refractivity contribution in [3.05, 3.63) is 0 Å². The highest BCUT2D eigenvalue weighted by atomic mass is 19.4. The van der Waals surface area contributed by atoms with Crippen LogP contribution in [-0.2, 0) is 19.1 Å². The summed E-state index contributed by atoms with van der Waals surface area (Å²) >= 11 is 0. The molecule has 2 atom stereocenters. The molecule has 0 aliphatic heterocycles. The highest BCUT2D eigenvalue weighted by molar-refractivity contribution is 5.76. The Balaban J connectivity index is 0. The van der Waals surface area contributed by atoms with Crippen LogP contribution >= 0.6 is 0 Å². The van der Waals surface area contributed by atoms with Crippen LogP contribution in [0.2, 0.25) is 0 Å². The van der Waals surface area contributed by atoms with E-state index >= 15 is 0 Å². The molecule has 0 saturated heterocycles. The Hall–Kier alpha value is -2.12. The lowest BCUT2D eigenvalue weighted by molar-refractivity contribution is -0.392. The van der Waals surface area contributed by atoms with E-state index in [0.717, 1.165) is 0 Å². The molecule has 0 fully saturated rings. The van der Waals surface area contributed by atoms with Gasteiger partial charge in [0.15, 0.2) is 12.2 Å². The molecule has 0 aromatic rings. The van der Waals surface area contributed by atoms with Crippen molar-refractivity contribution in [1.82, 2.24) is 0 Å². The Morgan fingerprint density at radius 1 is 0.614 bits per heavy atom. The summed E-state index contributed by atoms with van der Waals surface area (Å²) in [5, 5.41) is 17.8. The van der Waals surface area contributed by atoms with Gasteiger partial charge in [0, 0.05) is 0 Å². The highest BCUT2D eigenvalue weighted by Crippen LogP contribution is 2.52. The number of carbonyl (C=O) groups is 2. The summed E-state index contributed by atoms with van der Waals surface area (Å²) in [6.45, 7) is 6.45. The van der Waals surface area contributed by atoms with E-state index in [1.54, 1.807) is 0 Å². The maximum Gasteiger partial charge on any atom is 0.429 e. The van der Waals surface area contributed by atoms with E-state index in [2.05, 4.69) is 9.47 Å². The predicted molar refractivity (Wildman–Crippen MR) is 123 cm³/mol. The van der Waals surface area contributed by atoms with Crippen molar-refractivity contribution in [2.24, 2.45) is 10.8 Å². The maximum atomic E-state index is 14.1. The number of halogens is 14. The normalized spacial score (nSPS) is 17.0. The predicted octanol–water partition coefficient (Wildman–Crippen LogP) is 7.10. The summed E-state index contributed by atoms with van der Waals surface area (Å²) in [6.07, 6.45) is -22.1. The first-order valence-corrected chi connectivity index (χ1v) is 12.3. The molecular formula is C24H34F14O6. The topological polar surface area (TPSA) is 93.1 Å². The van der Waals surface area contributed by atoms with E-state index in [9.17, 15) is 71.1 Å². The van der Waals surface area contributed by atoms with Gasteiger partial charge in [-0.1, -0.05) is 13.8 Å². The van der Waals surface area contributed by atoms with E-state index in [1.165, 1.54) is 41.5 Å². The van der Waals surface area contributed by atoms with E-state index in [0.29, 0.717) is 13.8 Å². The van der Waals surface area contributed by atoms with Crippen LogP contribution in [0.5, 0.6) is 0 Å². The molecule has 0 aromatic carbocycles. The third kappa shape index (κ3) is 8.57. The van der Waals surface area contributed by atoms with Crippen LogP contribution in [0, 0.1) is 10.8 Å². The molecule has 2 unspecified atom stereocenters. The number of aliphatic hydroxyl groups is 2. The molecule has 44 heavy (non-hydrogen) atoms. The minimum atomic E-state index is -6.35. The second-order valence-corrected chi connectivity index (χ2v) is 11.4. The average Bonchev–Trinajstić information content (AvgIpc) is 2.84. The molecule has 0 rings (SSSR count). The molecule has 0 bridgehead atoms. The van der Waals surface area contributed by atoms with E-state index in [1.807, 2.05) is 0 Å². The van der Waals surface area contributed by atoms with Crippen LogP contribution in [0.3, 0.4) is 0 Å². The first-order valence-electron chi connectivity index (χ1n) is 12.3. The van der Waals surface area contributed by atoms with Gasteiger partial charge in [-0.05, 0) is 54.4 Å². The number of alkyl halides is 14. The lowest BCUT2D eigenvalue weighted by atomic mass is 9.83. The summed E-state index contributed by atoms with van der Waals surface area (Å²) in [6, 6.07) is 0. The first-order chi connectivity index (χ1) is 19.0. The van der Waals surface area contributed by atoms with Gasteiger partial charge in [0.1, 0.15) is 0 Å². The van der Waals surface area contributed by atoms with E-state index in [-0.39, 0.29) is 12.8 Å². The molecule has 0 saturated carbocycles. The second-order valence-electron chi connectivity index (χ2n) is 11.4. The molecule has 264 valence electrons. The zero-order valence-corrected chi connectivity index (χ0v) is 24.6. The zero-order chi connectivity index (χ0) is 36.3. The minimum absolute atomic E-state index is 0.103. The van der Waals surface area contributed by atoms with Gasteiger partial charge in [-0.2, -0.15) is 43.9 Å². The molecule has 0 aliphatic rings. The third-order valence-electron chi connectivity index (χ3n) is 6.89. The molecule has 20 heteroatoms. The summed E-state index contributed by atoms with van der Waals surface area (Å²) in [7, 11) is 0. The number of hydrogen-bond acceptors (Lipinski definition) is 6. The van der Waals surface area contributed by atoms with Gasteiger partial charge < -0.3 is 19.7 Å². The molecule has 0 aromatic heterocycles. The molecule has 6 nitrogen and oxygen atoms in total. The van der Waals surface area contributed by atoms with Gasteiger partial charge in [-0.3, -0.25) is 9.59 Å². The number of esters is 2. The van der Waals surface area contributed by atoms with Crippen molar-refractivity contribution in [1.29, 1.82) is 0 Å². The average molecular weight is 685 g/mol. The number of rotatable bonds is 12. The van der Waals surface area contributed by atoms with Gasteiger partial charge in [0.25, 0.3) is 24.1 Å². The molecule has 0 aliphatic carbocycles. The SMILES string of the molecule is CCC(C)(C)C(=O)OC(C)(C)C(F)(F)C(O)(C(F)F)C(F)(F)F.CCC(C)(C)C(=O)OCC(F)(F)C(O)(C(F)F)C(F)(F)F. The third-order valence-corrected chi connectivity index (χ3v) is 6.89. The van der Waals surface area contributed by atoms with E-state index in [4.69, 9.17) is 10.2 Å². The molecule has 2 N–H and O–H groups in total. The second kappa shape index (κ2) is 13.7. The standard InChI is InChI=1S/C13H19F7O3.C11H15F7O3/c1-6-9(2,3)8(21)23-10(4,5)12(16,17)11(22,7(14)15)13(18,19)20;1-4-8(2,3)7(19)21-5-9(14,15)10(20,6(12)13)11(16,17)18/h7,22H,6H2,1-5H3;6,20H,4-5H2,1-3H3. The number of carbonyl (C=O) groups excluding carboxylic acids is 2. The number of hydrogen-bond donors (Lipinski definition) is 2. The lowest BCUT2D eigenvalue weighted by Gasteiger charge is -2.44. The lowest BCUT2D eigenvalue weighted by Crippen LogP contribution is -2.71. The van der Waals surface area contributed by atoms with Gasteiger partial charge in [0.05, 0.1) is 10.8 Å². The van der Waals surface area contributed by atoms with Crippen LogP contribution in [-0.4, -0.2) is 82.6 Å². The quantitative estimate of drug-likeness (QED) is 0.168. The van der Waals surface area contributed by atoms with Gasteiger partial charge in [-0.25, -0.2) is 17.6 Å². The minimum Gasteiger partial charge on any atom is -0.459 e. The Morgan fingerprint density at radius 3 is 1.20 bits per heavy atom. The van der Waals surface area contributed by atoms with Gasteiger partial charge in [0.2, 0.25) is 0 Å². The van der Waals surface area contributed by atoms with Crippen LogP contribution < -0.4 is 0 Å². The number of ether oxygens (including phenoxy) is 2. The molecule has 0 amide bonds. The van der Waals surface area contributed by atoms with Gasteiger partial charge >= 0.3 is 36.1 Å². The van der Waals surface area contributed by atoms with Crippen LogP contribution in [0.4, 0.5) is 61.5 Å². The van der Waals surface area contributed by atoms with Crippen molar-refractivity contribution in [3.63, 3.8) is 0 Å². The molecule has 0 spiro atoms. The Morgan fingerprint density at radius 2 is 0.932 bits per heavy atom. The molecule has 0 heterocycles. The molecular weight excluding hydrogens is 650 g/mol. The van der Waals surface area contributed by atoms with Crippen molar-refractivity contribution in [2.75, 3.05) is 6.61 Å². The van der Waals surface area contributed by atoms with Crippen LogP contribution in [0.1, 0.15) is 68.2 Å². The summed E-state index contributed by atoms with van der Waals surface area (Å²) < 4.78 is 188. The monoisotopic (exact) mass is 684 g/mol. The summed E-state index contributed by atoms with van der Waals surface area (Å²) in [4.78, 5) is 23.2. The highest BCUT2D eigenvalue weighted by Gasteiger charge is 2.80. The zero-order valence-electron chi connectivity index (χ0n) is 24.6. The largest absolute Gasteiger partial charge is 0.459 e. The smallest absolute Gasteiger partial charge is 0.429 e. The Labute approximate surface area is 243 Å².